The quantitative estimate of drug-likeness (QED) is 0.601. The molecule has 2 aromatic carbocycles. The Hall–Kier alpha value is -3.34. The van der Waals surface area contributed by atoms with Gasteiger partial charge in [-0.1, -0.05) is 24.3 Å². The highest BCUT2D eigenvalue weighted by atomic mass is 16.5. The van der Waals surface area contributed by atoms with Crippen LogP contribution in [-0.4, -0.2) is 24.0 Å². The van der Waals surface area contributed by atoms with Crippen molar-refractivity contribution in [3.05, 3.63) is 87.3 Å². The van der Waals surface area contributed by atoms with E-state index in [1.165, 1.54) is 0 Å². The molecule has 1 aliphatic heterocycles. The molecule has 1 atom stereocenters. The Morgan fingerprint density at radius 1 is 1.17 bits per heavy atom. The molecular weight excluding hydrogens is 366 g/mol. The molecule has 1 aromatic heterocycles. The highest BCUT2D eigenvalue weighted by Crippen LogP contribution is 2.39. The molecule has 0 saturated carbocycles. The van der Waals surface area contributed by atoms with Crippen LogP contribution in [0.3, 0.4) is 0 Å². The van der Waals surface area contributed by atoms with Crippen LogP contribution in [0, 0.1) is 13.8 Å². The van der Waals surface area contributed by atoms with Crippen LogP contribution in [0.5, 0.6) is 5.75 Å². The number of aryl methyl sites for hydroxylation is 2. The number of rotatable bonds is 5. The predicted molar refractivity (Wildman–Crippen MR) is 113 cm³/mol. The number of carbonyl (C=O) groups is 1. The van der Waals surface area contributed by atoms with Gasteiger partial charge in [0.2, 0.25) is 5.76 Å². The van der Waals surface area contributed by atoms with E-state index in [1.807, 2.05) is 57.2 Å². The fourth-order valence-electron chi connectivity index (χ4n) is 4.06. The molecular formula is C24H23NO4. The monoisotopic (exact) mass is 389 g/mol. The van der Waals surface area contributed by atoms with Gasteiger partial charge in [-0.05, 0) is 55.7 Å². The number of fused-ring (bicyclic) bond motifs is 2. The van der Waals surface area contributed by atoms with Gasteiger partial charge in [0.1, 0.15) is 11.3 Å². The van der Waals surface area contributed by atoms with E-state index in [0.29, 0.717) is 29.7 Å². The zero-order chi connectivity index (χ0) is 20.7. The molecule has 5 heteroatoms. The van der Waals surface area contributed by atoms with Crippen molar-refractivity contribution in [1.82, 2.24) is 4.90 Å². The van der Waals surface area contributed by atoms with Gasteiger partial charge in [0, 0.05) is 6.54 Å². The van der Waals surface area contributed by atoms with Gasteiger partial charge in [-0.15, -0.1) is 6.58 Å². The van der Waals surface area contributed by atoms with Crippen molar-refractivity contribution in [1.29, 1.82) is 0 Å². The first-order chi connectivity index (χ1) is 14.0. The molecule has 0 saturated heterocycles. The number of carbonyl (C=O) groups excluding carboxylic acids is 1. The molecule has 0 fully saturated rings. The largest absolute Gasteiger partial charge is 0.494 e. The van der Waals surface area contributed by atoms with E-state index in [4.69, 9.17) is 9.15 Å². The summed E-state index contributed by atoms with van der Waals surface area (Å²) in [6.45, 7) is 10.4. The molecule has 148 valence electrons. The van der Waals surface area contributed by atoms with Crippen molar-refractivity contribution >= 4 is 16.9 Å². The van der Waals surface area contributed by atoms with Crippen molar-refractivity contribution in [3.63, 3.8) is 0 Å². The number of hydrogen-bond donors (Lipinski definition) is 0. The zero-order valence-electron chi connectivity index (χ0n) is 16.8. The van der Waals surface area contributed by atoms with Gasteiger partial charge in [0.25, 0.3) is 5.91 Å². The van der Waals surface area contributed by atoms with Crippen LogP contribution < -0.4 is 10.2 Å². The summed E-state index contributed by atoms with van der Waals surface area (Å²) in [7, 11) is 0. The summed E-state index contributed by atoms with van der Waals surface area (Å²) in [4.78, 5) is 28.2. The van der Waals surface area contributed by atoms with Crippen LogP contribution in [0.15, 0.2) is 58.3 Å². The number of ether oxygens (including phenoxy) is 1. The summed E-state index contributed by atoms with van der Waals surface area (Å²) < 4.78 is 11.5. The summed E-state index contributed by atoms with van der Waals surface area (Å²) in [5.41, 5.74) is 3.35. The molecule has 0 spiro atoms. The fraction of sp³-hybridized carbons (Fsp3) is 0.250. The molecule has 4 rings (SSSR count). The molecule has 0 aliphatic carbocycles. The smallest absolute Gasteiger partial charge is 0.291 e. The van der Waals surface area contributed by atoms with E-state index in [1.54, 1.807) is 11.0 Å². The maximum Gasteiger partial charge on any atom is 0.291 e. The normalized spacial score (nSPS) is 15.6. The minimum atomic E-state index is -0.521. The molecule has 2 heterocycles. The van der Waals surface area contributed by atoms with Crippen LogP contribution in [0.1, 0.15) is 45.8 Å². The molecule has 1 aliphatic rings. The van der Waals surface area contributed by atoms with E-state index in [2.05, 4.69) is 6.58 Å². The second-order valence-corrected chi connectivity index (χ2v) is 7.28. The third-order valence-corrected chi connectivity index (χ3v) is 5.23. The van der Waals surface area contributed by atoms with E-state index < -0.39 is 6.04 Å². The molecule has 0 N–H and O–H groups in total. The highest BCUT2D eigenvalue weighted by molar-refractivity contribution is 5.99. The van der Waals surface area contributed by atoms with E-state index in [0.717, 1.165) is 22.4 Å². The number of hydrogen-bond acceptors (Lipinski definition) is 4. The average Bonchev–Trinajstić information content (AvgIpc) is 2.97. The van der Waals surface area contributed by atoms with Crippen LogP contribution in [0.25, 0.3) is 11.0 Å². The maximum atomic E-state index is 13.5. The summed E-state index contributed by atoms with van der Waals surface area (Å²) in [5, 5.41) is 0.505. The Balaban J connectivity index is 1.96. The summed E-state index contributed by atoms with van der Waals surface area (Å²) in [6.07, 6.45) is 1.66. The van der Waals surface area contributed by atoms with Gasteiger partial charge in [-0.2, -0.15) is 0 Å². The minimum absolute atomic E-state index is 0.121. The van der Waals surface area contributed by atoms with Crippen molar-refractivity contribution in [2.24, 2.45) is 0 Å². The zero-order valence-corrected chi connectivity index (χ0v) is 16.8. The maximum absolute atomic E-state index is 13.5. The molecule has 0 bridgehead atoms. The third kappa shape index (κ3) is 3.03. The summed E-state index contributed by atoms with van der Waals surface area (Å²) in [6, 6.07) is 10.7. The summed E-state index contributed by atoms with van der Waals surface area (Å²) >= 11 is 0. The average molecular weight is 389 g/mol. The molecule has 1 unspecified atom stereocenters. The molecule has 0 radical (unpaired) electrons. The van der Waals surface area contributed by atoms with Gasteiger partial charge in [0.05, 0.1) is 23.6 Å². The van der Waals surface area contributed by atoms with Crippen molar-refractivity contribution in [3.8, 4) is 5.75 Å². The van der Waals surface area contributed by atoms with Gasteiger partial charge < -0.3 is 14.1 Å². The molecule has 3 aromatic rings. The Labute approximate surface area is 169 Å². The third-order valence-electron chi connectivity index (χ3n) is 5.23. The van der Waals surface area contributed by atoms with Crippen LogP contribution in [0.2, 0.25) is 0 Å². The fourth-order valence-corrected chi connectivity index (χ4v) is 4.06. The lowest BCUT2D eigenvalue weighted by atomic mass is 9.97. The van der Waals surface area contributed by atoms with Crippen molar-refractivity contribution < 1.29 is 13.9 Å². The first kappa shape index (κ1) is 19.0. The van der Waals surface area contributed by atoms with E-state index in [9.17, 15) is 9.59 Å². The van der Waals surface area contributed by atoms with Gasteiger partial charge in [0.15, 0.2) is 5.43 Å². The Bertz CT molecular complexity index is 1170. The van der Waals surface area contributed by atoms with E-state index in [-0.39, 0.29) is 17.1 Å². The SMILES string of the molecule is C=CCN1C(=O)c2oc3c(C)cc(C)cc3c(=O)c2C1c1ccc(OCC)cc1. The second kappa shape index (κ2) is 7.24. The standard InChI is InChI=1S/C24H23NO4/c1-5-11-25-20(16-7-9-17(10-8-16)28-6-2)19-21(26)18-13-14(3)12-15(4)22(18)29-23(19)24(25)27/h5,7-10,12-13,20H,1,6,11H2,2-4H3. The van der Waals surface area contributed by atoms with Gasteiger partial charge in [-0.3, -0.25) is 9.59 Å². The molecule has 29 heavy (non-hydrogen) atoms. The lowest BCUT2D eigenvalue weighted by Gasteiger charge is -2.23. The first-order valence-electron chi connectivity index (χ1n) is 9.68. The number of nitrogens with zero attached hydrogens (tertiary/aromatic N) is 1. The first-order valence-corrected chi connectivity index (χ1v) is 9.68. The summed E-state index contributed by atoms with van der Waals surface area (Å²) in [5.74, 6) is 0.570. The lowest BCUT2D eigenvalue weighted by Crippen LogP contribution is -2.29. The Morgan fingerprint density at radius 2 is 1.90 bits per heavy atom. The second-order valence-electron chi connectivity index (χ2n) is 7.28. The predicted octanol–water partition coefficient (Wildman–Crippen LogP) is 4.54. The molecule has 1 amide bonds. The lowest BCUT2D eigenvalue weighted by molar-refractivity contribution is 0.0748. The minimum Gasteiger partial charge on any atom is -0.494 e. The highest BCUT2D eigenvalue weighted by Gasteiger charge is 2.42. The van der Waals surface area contributed by atoms with Crippen LogP contribution in [0.4, 0.5) is 0 Å². The Kier molecular flexibility index (Phi) is 4.74. The number of amides is 1. The molecule has 5 nitrogen and oxygen atoms in total. The van der Waals surface area contributed by atoms with Crippen molar-refractivity contribution in [2.45, 2.75) is 26.8 Å². The number of benzene rings is 2. The van der Waals surface area contributed by atoms with Crippen molar-refractivity contribution in [2.75, 3.05) is 13.2 Å². The van der Waals surface area contributed by atoms with E-state index >= 15 is 0 Å². The van der Waals surface area contributed by atoms with Gasteiger partial charge >= 0.3 is 0 Å². The van der Waals surface area contributed by atoms with Gasteiger partial charge in [-0.25, -0.2) is 0 Å². The van der Waals surface area contributed by atoms with Crippen LogP contribution >= 0.6 is 0 Å². The van der Waals surface area contributed by atoms with Crippen LogP contribution in [-0.2, 0) is 0 Å². The topological polar surface area (TPSA) is 59.8 Å². The Morgan fingerprint density at radius 3 is 2.55 bits per heavy atom.